The zero-order valence-corrected chi connectivity index (χ0v) is 11.6. The highest BCUT2D eigenvalue weighted by atomic mass is 79.9. The standard InChI is InChI=1S/C10H11BrN4S/c1-6-10(11)7(2)15(14-6)8-4-9(16-3)13-5-12-8/h4-5H,1-3H3. The fourth-order valence-electron chi connectivity index (χ4n) is 1.40. The Balaban J connectivity index is 2.54. The van der Waals surface area contributed by atoms with E-state index < -0.39 is 0 Å². The third kappa shape index (κ3) is 1.99. The monoisotopic (exact) mass is 298 g/mol. The first-order chi connectivity index (χ1) is 7.63. The molecule has 0 spiro atoms. The lowest BCUT2D eigenvalue weighted by atomic mass is 10.4. The lowest BCUT2D eigenvalue weighted by molar-refractivity contribution is 0.791. The molecule has 2 rings (SSSR count). The third-order valence-corrected chi connectivity index (χ3v) is 4.05. The SMILES string of the molecule is CSc1cc(-n2nc(C)c(Br)c2C)ncn1. The van der Waals surface area contributed by atoms with E-state index in [2.05, 4.69) is 31.0 Å². The van der Waals surface area contributed by atoms with E-state index in [0.717, 1.165) is 26.7 Å². The first-order valence-electron chi connectivity index (χ1n) is 4.71. The number of thioether (sulfide) groups is 1. The number of hydrogen-bond acceptors (Lipinski definition) is 4. The predicted molar refractivity (Wildman–Crippen MR) is 68.1 cm³/mol. The van der Waals surface area contributed by atoms with E-state index in [1.165, 1.54) is 0 Å². The average Bonchev–Trinajstić information content (AvgIpc) is 2.57. The van der Waals surface area contributed by atoms with E-state index in [0.29, 0.717) is 0 Å². The van der Waals surface area contributed by atoms with Crippen molar-refractivity contribution in [3.05, 3.63) is 28.3 Å². The van der Waals surface area contributed by atoms with Crippen molar-refractivity contribution in [1.29, 1.82) is 0 Å². The minimum Gasteiger partial charge on any atom is -0.230 e. The topological polar surface area (TPSA) is 43.6 Å². The van der Waals surface area contributed by atoms with Crippen LogP contribution in [0.5, 0.6) is 0 Å². The molecule has 0 aliphatic carbocycles. The molecule has 0 unspecified atom stereocenters. The zero-order valence-electron chi connectivity index (χ0n) is 9.23. The van der Waals surface area contributed by atoms with Crippen LogP contribution in [0.2, 0.25) is 0 Å². The molecular formula is C10H11BrN4S. The van der Waals surface area contributed by atoms with Crippen molar-refractivity contribution >= 4 is 27.7 Å². The van der Waals surface area contributed by atoms with Crippen molar-refractivity contribution in [2.24, 2.45) is 0 Å². The Morgan fingerprint density at radius 3 is 2.62 bits per heavy atom. The average molecular weight is 299 g/mol. The maximum atomic E-state index is 4.43. The van der Waals surface area contributed by atoms with Gasteiger partial charge in [0.2, 0.25) is 0 Å². The highest BCUT2D eigenvalue weighted by Crippen LogP contribution is 2.23. The van der Waals surface area contributed by atoms with Gasteiger partial charge in [-0.15, -0.1) is 11.8 Å². The number of aromatic nitrogens is 4. The van der Waals surface area contributed by atoms with Gasteiger partial charge in [0.25, 0.3) is 0 Å². The summed E-state index contributed by atoms with van der Waals surface area (Å²) in [6.45, 7) is 3.97. The minimum atomic E-state index is 0.797. The van der Waals surface area contributed by atoms with Gasteiger partial charge in [0, 0.05) is 6.07 Å². The van der Waals surface area contributed by atoms with Crippen LogP contribution in [0.1, 0.15) is 11.4 Å². The summed E-state index contributed by atoms with van der Waals surface area (Å²) in [5.41, 5.74) is 2.00. The molecule has 4 nitrogen and oxygen atoms in total. The van der Waals surface area contributed by atoms with Gasteiger partial charge in [0.1, 0.15) is 11.4 Å². The van der Waals surface area contributed by atoms with Gasteiger partial charge >= 0.3 is 0 Å². The van der Waals surface area contributed by atoms with Crippen molar-refractivity contribution in [1.82, 2.24) is 19.7 Å². The molecule has 2 aromatic heterocycles. The second kappa shape index (κ2) is 4.55. The molecule has 0 radical (unpaired) electrons. The van der Waals surface area contributed by atoms with Crippen molar-refractivity contribution in [2.45, 2.75) is 18.9 Å². The summed E-state index contributed by atoms with van der Waals surface area (Å²) in [4.78, 5) is 8.37. The number of halogens is 1. The lowest BCUT2D eigenvalue weighted by Crippen LogP contribution is -2.02. The molecule has 0 saturated carbocycles. The van der Waals surface area contributed by atoms with Gasteiger partial charge < -0.3 is 0 Å². The Morgan fingerprint density at radius 1 is 1.31 bits per heavy atom. The van der Waals surface area contributed by atoms with Crippen molar-refractivity contribution in [2.75, 3.05) is 6.26 Å². The second-order valence-electron chi connectivity index (χ2n) is 3.32. The molecule has 2 aromatic rings. The Bertz CT molecular complexity index is 524. The zero-order chi connectivity index (χ0) is 11.7. The Hall–Kier alpha value is -0.880. The highest BCUT2D eigenvalue weighted by molar-refractivity contribution is 9.10. The van der Waals surface area contributed by atoms with Crippen molar-refractivity contribution in [3.8, 4) is 5.82 Å². The van der Waals surface area contributed by atoms with Gasteiger partial charge in [0.05, 0.1) is 15.9 Å². The second-order valence-corrected chi connectivity index (χ2v) is 4.93. The van der Waals surface area contributed by atoms with E-state index >= 15 is 0 Å². The summed E-state index contributed by atoms with van der Waals surface area (Å²) in [7, 11) is 0. The molecule has 0 saturated heterocycles. The summed E-state index contributed by atoms with van der Waals surface area (Å²) in [5.74, 6) is 0.797. The van der Waals surface area contributed by atoms with E-state index in [1.54, 1.807) is 18.1 Å². The minimum absolute atomic E-state index is 0.797. The number of nitrogens with zero attached hydrogens (tertiary/aromatic N) is 4. The van der Waals surface area contributed by atoms with Crippen LogP contribution in [0.3, 0.4) is 0 Å². The molecule has 0 atom stereocenters. The molecule has 0 aliphatic rings. The van der Waals surface area contributed by atoms with Gasteiger partial charge in [-0.1, -0.05) is 0 Å². The molecule has 0 aromatic carbocycles. The van der Waals surface area contributed by atoms with Gasteiger partial charge in [0.15, 0.2) is 5.82 Å². The number of rotatable bonds is 2. The number of hydrogen-bond donors (Lipinski definition) is 0. The Morgan fingerprint density at radius 2 is 2.06 bits per heavy atom. The van der Waals surface area contributed by atoms with Crippen LogP contribution in [0.4, 0.5) is 0 Å². The van der Waals surface area contributed by atoms with Crippen molar-refractivity contribution in [3.63, 3.8) is 0 Å². The summed E-state index contributed by atoms with van der Waals surface area (Å²) < 4.78 is 2.85. The fourth-order valence-corrected chi connectivity index (χ4v) is 2.03. The highest BCUT2D eigenvalue weighted by Gasteiger charge is 2.11. The maximum Gasteiger partial charge on any atom is 0.158 e. The number of aryl methyl sites for hydroxylation is 1. The largest absolute Gasteiger partial charge is 0.230 e. The van der Waals surface area contributed by atoms with Crippen LogP contribution in [0.25, 0.3) is 5.82 Å². The Labute approximate surface area is 107 Å². The van der Waals surface area contributed by atoms with Gasteiger partial charge in [-0.25, -0.2) is 14.6 Å². The van der Waals surface area contributed by atoms with Crippen LogP contribution < -0.4 is 0 Å². The molecule has 0 aliphatic heterocycles. The predicted octanol–water partition coefficient (Wildman–Crippen LogP) is 2.76. The summed E-state index contributed by atoms with van der Waals surface area (Å²) in [6, 6.07) is 1.93. The van der Waals surface area contributed by atoms with E-state index in [9.17, 15) is 0 Å². The molecule has 84 valence electrons. The molecule has 0 bridgehead atoms. The molecule has 6 heteroatoms. The smallest absolute Gasteiger partial charge is 0.158 e. The van der Waals surface area contributed by atoms with E-state index in [-0.39, 0.29) is 0 Å². The van der Waals surface area contributed by atoms with E-state index in [4.69, 9.17) is 0 Å². The van der Waals surface area contributed by atoms with Crippen LogP contribution >= 0.6 is 27.7 Å². The van der Waals surface area contributed by atoms with Gasteiger partial charge in [-0.2, -0.15) is 5.10 Å². The van der Waals surface area contributed by atoms with Crippen LogP contribution in [0.15, 0.2) is 21.9 Å². The van der Waals surface area contributed by atoms with E-state index in [1.807, 2.05) is 30.9 Å². The summed E-state index contributed by atoms with van der Waals surface area (Å²) >= 11 is 5.09. The quantitative estimate of drug-likeness (QED) is 0.632. The Kier molecular flexibility index (Phi) is 3.30. The lowest BCUT2D eigenvalue weighted by Gasteiger charge is -2.03. The first-order valence-corrected chi connectivity index (χ1v) is 6.73. The fraction of sp³-hybridized carbons (Fsp3) is 0.300. The molecular weight excluding hydrogens is 288 g/mol. The third-order valence-electron chi connectivity index (χ3n) is 2.26. The van der Waals surface area contributed by atoms with Gasteiger partial charge in [-0.3, -0.25) is 0 Å². The summed E-state index contributed by atoms with van der Waals surface area (Å²) in [5, 5.41) is 5.36. The van der Waals surface area contributed by atoms with Gasteiger partial charge in [-0.05, 0) is 36.0 Å². The molecule has 2 heterocycles. The van der Waals surface area contributed by atoms with Crippen molar-refractivity contribution < 1.29 is 0 Å². The molecule has 0 fully saturated rings. The van der Waals surface area contributed by atoms with Crippen LogP contribution in [0, 0.1) is 13.8 Å². The molecule has 0 amide bonds. The maximum absolute atomic E-state index is 4.43. The molecule has 0 N–H and O–H groups in total. The summed E-state index contributed by atoms with van der Waals surface area (Å²) in [6.07, 6.45) is 3.55. The molecule has 16 heavy (non-hydrogen) atoms. The van der Waals surface area contributed by atoms with Crippen LogP contribution in [-0.4, -0.2) is 26.0 Å². The van der Waals surface area contributed by atoms with Crippen LogP contribution in [-0.2, 0) is 0 Å². The first kappa shape index (κ1) is 11.6. The normalized spacial score (nSPS) is 10.8.